The second-order valence-corrected chi connectivity index (χ2v) is 3.89. The van der Waals surface area contributed by atoms with Gasteiger partial charge >= 0.3 is 0 Å². The summed E-state index contributed by atoms with van der Waals surface area (Å²) in [5.74, 6) is 0.0852. The molecule has 1 rings (SSSR count). The summed E-state index contributed by atoms with van der Waals surface area (Å²) in [6.07, 6.45) is 1.16. The normalized spacial score (nSPS) is 11.7. The number of thiol groups is 1. The van der Waals surface area contributed by atoms with Gasteiger partial charge in [0.05, 0.1) is 5.60 Å². The Morgan fingerprint density at radius 2 is 1.86 bits per heavy atom. The van der Waals surface area contributed by atoms with E-state index >= 15 is 0 Å². The fraction of sp³-hybridized carbons (Fsp3) is 0.455. The molecule has 2 N–H and O–H groups in total. The molecule has 1 aromatic carbocycles. The van der Waals surface area contributed by atoms with Crippen molar-refractivity contribution in [1.82, 2.24) is 0 Å². The summed E-state index contributed by atoms with van der Waals surface area (Å²) >= 11 is 4.12. The molecular weight excluding hydrogens is 196 g/mol. The summed E-state index contributed by atoms with van der Waals surface area (Å²) in [6.45, 7) is 3.79. The summed E-state index contributed by atoms with van der Waals surface area (Å²) in [6, 6.07) is 5.23. The van der Waals surface area contributed by atoms with Crippen LogP contribution in [0.15, 0.2) is 23.1 Å². The Hall–Kier alpha value is -0.670. The summed E-state index contributed by atoms with van der Waals surface area (Å²) in [7, 11) is 0. The van der Waals surface area contributed by atoms with E-state index in [0.29, 0.717) is 23.3 Å². The number of hydrogen-bond acceptors (Lipinski definition) is 3. The van der Waals surface area contributed by atoms with Crippen LogP contribution in [0.2, 0.25) is 0 Å². The standard InChI is InChI=1S/C11H16O2S/c1-3-11(13,4-2)8-6-5-7-9(14)10(8)12/h5-7,12-14H,3-4H2,1-2H3. The number of rotatable bonds is 3. The molecule has 0 radical (unpaired) electrons. The van der Waals surface area contributed by atoms with E-state index < -0.39 is 5.60 Å². The van der Waals surface area contributed by atoms with E-state index in [4.69, 9.17) is 0 Å². The number of hydrogen-bond donors (Lipinski definition) is 3. The molecule has 0 saturated carbocycles. The molecule has 14 heavy (non-hydrogen) atoms. The van der Waals surface area contributed by atoms with E-state index in [9.17, 15) is 10.2 Å². The molecular formula is C11H16O2S. The minimum Gasteiger partial charge on any atom is -0.506 e. The van der Waals surface area contributed by atoms with Gasteiger partial charge in [-0.3, -0.25) is 0 Å². The average Bonchev–Trinajstić information content (AvgIpc) is 2.21. The molecule has 0 atom stereocenters. The van der Waals surface area contributed by atoms with Crippen LogP contribution in [0.1, 0.15) is 32.3 Å². The Morgan fingerprint density at radius 1 is 1.29 bits per heavy atom. The number of aliphatic hydroxyl groups is 1. The Morgan fingerprint density at radius 3 is 2.36 bits per heavy atom. The van der Waals surface area contributed by atoms with Crippen LogP contribution in [0, 0.1) is 0 Å². The van der Waals surface area contributed by atoms with E-state index in [1.165, 1.54) is 0 Å². The van der Waals surface area contributed by atoms with Gasteiger partial charge in [0, 0.05) is 10.5 Å². The first kappa shape index (κ1) is 11.4. The molecule has 0 amide bonds. The fourth-order valence-corrected chi connectivity index (χ4v) is 1.74. The first-order valence-electron chi connectivity index (χ1n) is 4.79. The zero-order valence-electron chi connectivity index (χ0n) is 8.49. The van der Waals surface area contributed by atoms with Gasteiger partial charge in [-0.2, -0.15) is 0 Å². The maximum Gasteiger partial charge on any atom is 0.134 e. The Bertz CT molecular complexity index is 319. The summed E-state index contributed by atoms with van der Waals surface area (Å²) in [5, 5.41) is 20.0. The van der Waals surface area contributed by atoms with E-state index in [1.807, 2.05) is 13.8 Å². The predicted octanol–water partition coefficient (Wildman–Crippen LogP) is 2.69. The maximum absolute atomic E-state index is 10.2. The Balaban J connectivity index is 3.24. The third kappa shape index (κ3) is 1.88. The second-order valence-electron chi connectivity index (χ2n) is 3.41. The molecule has 0 heterocycles. The van der Waals surface area contributed by atoms with Crippen LogP contribution in [0.25, 0.3) is 0 Å². The van der Waals surface area contributed by atoms with E-state index in [-0.39, 0.29) is 5.75 Å². The first-order chi connectivity index (χ1) is 6.55. The number of phenols is 1. The quantitative estimate of drug-likeness (QED) is 0.674. The topological polar surface area (TPSA) is 40.5 Å². The van der Waals surface area contributed by atoms with Crippen LogP contribution < -0.4 is 0 Å². The molecule has 0 fully saturated rings. The van der Waals surface area contributed by atoms with Gasteiger partial charge in [-0.05, 0) is 18.9 Å². The van der Waals surface area contributed by atoms with E-state index in [2.05, 4.69) is 12.6 Å². The molecule has 3 heteroatoms. The van der Waals surface area contributed by atoms with E-state index in [1.54, 1.807) is 18.2 Å². The molecule has 0 unspecified atom stereocenters. The van der Waals surface area contributed by atoms with Crippen LogP contribution in [-0.4, -0.2) is 10.2 Å². The molecule has 0 aromatic heterocycles. The van der Waals surface area contributed by atoms with Gasteiger partial charge in [0.1, 0.15) is 5.75 Å². The Labute approximate surface area is 90.0 Å². The number of aromatic hydroxyl groups is 1. The lowest BCUT2D eigenvalue weighted by atomic mass is 9.88. The molecule has 0 spiro atoms. The fourth-order valence-electron chi connectivity index (χ4n) is 1.54. The minimum absolute atomic E-state index is 0.0852. The molecule has 2 nitrogen and oxygen atoms in total. The molecule has 0 bridgehead atoms. The molecule has 0 saturated heterocycles. The van der Waals surface area contributed by atoms with Crippen LogP contribution in [0.4, 0.5) is 0 Å². The average molecular weight is 212 g/mol. The van der Waals surface area contributed by atoms with Gasteiger partial charge in [0.15, 0.2) is 0 Å². The lowest BCUT2D eigenvalue weighted by Gasteiger charge is -2.26. The van der Waals surface area contributed by atoms with Crippen molar-refractivity contribution < 1.29 is 10.2 Å². The van der Waals surface area contributed by atoms with Gasteiger partial charge in [0.25, 0.3) is 0 Å². The molecule has 0 aliphatic carbocycles. The highest BCUT2D eigenvalue weighted by Gasteiger charge is 2.28. The van der Waals surface area contributed by atoms with Gasteiger partial charge < -0.3 is 10.2 Å². The summed E-state index contributed by atoms with van der Waals surface area (Å²) in [5.41, 5.74) is -0.377. The maximum atomic E-state index is 10.2. The predicted molar refractivity (Wildman–Crippen MR) is 59.8 cm³/mol. The molecule has 0 aliphatic heterocycles. The van der Waals surface area contributed by atoms with Crippen molar-refractivity contribution in [2.24, 2.45) is 0 Å². The lowest BCUT2D eigenvalue weighted by Crippen LogP contribution is -2.23. The van der Waals surface area contributed by atoms with Crippen molar-refractivity contribution in [1.29, 1.82) is 0 Å². The zero-order valence-corrected chi connectivity index (χ0v) is 9.38. The SMILES string of the molecule is CCC(O)(CC)c1cccc(S)c1O. The van der Waals surface area contributed by atoms with Crippen molar-refractivity contribution in [3.05, 3.63) is 23.8 Å². The van der Waals surface area contributed by atoms with Crippen LogP contribution in [0.3, 0.4) is 0 Å². The zero-order chi connectivity index (χ0) is 10.8. The van der Waals surface area contributed by atoms with Gasteiger partial charge in [0.2, 0.25) is 0 Å². The highest BCUT2D eigenvalue weighted by Crippen LogP contribution is 2.37. The smallest absolute Gasteiger partial charge is 0.134 e. The third-order valence-corrected chi connectivity index (χ3v) is 3.05. The Kier molecular flexibility index (Phi) is 3.45. The van der Waals surface area contributed by atoms with Crippen molar-refractivity contribution >= 4 is 12.6 Å². The molecule has 1 aromatic rings. The van der Waals surface area contributed by atoms with E-state index in [0.717, 1.165) is 0 Å². The summed E-state index contributed by atoms with van der Waals surface area (Å²) < 4.78 is 0. The van der Waals surface area contributed by atoms with Gasteiger partial charge in [-0.1, -0.05) is 26.0 Å². The van der Waals surface area contributed by atoms with Crippen molar-refractivity contribution in [2.75, 3.05) is 0 Å². The van der Waals surface area contributed by atoms with Gasteiger partial charge in [-0.25, -0.2) is 0 Å². The van der Waals surface area contributed by atoms with Crippen molar-refractivity contribution in [3.8, 4) is 5.75 Å². The first-order valence-corrected chi connectivity index (χ1v) is 5.23. The lowest BCUT2D eigenvalue weighted by molar-refractivity contribution is 0.0258. The van der Waals surface area contributed by atoms with Crippen LogP contribution >= 0.6 is 12.6 Å². The third-order valence-electron chi connectivity index (χ3n) is 2.69. The highest BCUT2D eigenvalue weighted by atomic mass is 32.1. The largest absolute Gasteiger partial charge is 0.506 e. The highest BCUT2D eigenvalue weighted by molar-refractivity contribution is 7.80. The minimum atomic E-state index is -0.942. The second kappa shape index (κ2) is 4.24. The monoisotopic (exact) mass is 212 g/mol. The van der Waals surface area contributed by atoms with Crippen molar-refractivity contribution in [2.45, 2.75) is 37.2 Å². The van der Waals surface area contributed by atoms with Crippen LogP contribution in [-0.2, 0) is 5.60 Å². The molecule has 0 aliphatic rings. The number of phenolic OH excluding ortho intramolecular Hbond substituents is 1. The number of para-hydroxylation sites is 1. The van der Waals surface area contributed by atoms with Crippen LogP contribution in [0.5, 0.6) is 5.75 Å². The number of benzene rings is 1. The molecule has 78 valence electrons. The van der Waals surface area contributed by atoms with Gasteiger partial charge in [-0.15, -0.1) is 12.6 Å². The van der Waals surface area contributed by atoms with Crippen molar-refractivity contribution in [3.63, 3.8) is 0 Å². The summed E-state index contributed by atoms with van der Waals surface area (Å²) in [4.78, 5) is 0.503.